The van der Waals surface area contributed by atoms with Crippen LogP contribution in [0.5, 0.6) is 0 Å². The molecule has 11 heteroatoms. The minimum atomic E-state index is -4.61. The summed E-state index contributed by atoms with van der Waals surface area (Å²) in [6.07, 6.45) is -3.19. The van der Waals surface area contributed by atoms with E-state index in [-0.39, 0.29) is 18.0 Å². The molecular weight excluding hydrogens is 441 g/mol. The van der Waals surface area contributed by atoms with Crippen molar-refractivity contribution in [2.45, 2.75) is 11.1 Å². The van der Waals surface area contributed by atoms with Gasteiger partial charge in [0.25, 0.3) is 0 Å². The number of rotatable bonds is 3. The van der Waals surface area contributed by atoms with Gasteiger partial charge >= 0.3 is 6.18 Å². The third kappa shape index (κ3) is 3.94. The molecule has 0 aliphatic carbocycles. The van der Waals surface area contributed by atoms with Crippen LogP contribution in [0.3, 0.4) is 0 Å². The molecule has 1 saturated heterocycles. The summed E-state index contributed by atoms with van der Waals surface area (Å²) in [6.45, 7) is 0.926. The summed E-state index contributed by atoms with van der Waals surface area (Å²) in [7, 11) is -4.04. The van der Waals surface area contributed by atoms with Crippen molar-refractivity contribution in [2.75, 3.05) is 31.1 Å². The molecule has 0 atom stereocenters. The molecule has 2 heterocycles. The van der Waals surface area contributed by atoms with Gasteiger partial charge in [0.05, 0.1) is 16.0 Å². The van der Waals surface area contributed by atoms with Crippen LogP contribution in [0.1, 0.15) is 5.56 Å². The standard InChI is InChI=1S/C19H16ClF3N4O2S/c20-14-4-5-16-17(11-14)24-12-25-18(16)26-6-8-27(9-7-26)30(28,29)15-3-1-2-13(10-15)19(21,22)23/h1-5,10-12H,6-9H2. The van der Waals surface area contributed by atoms with Gasteiger partial charge in [0.1, 0.15) is 12.1 Å². The van der Waals surface area contributed by atoms with Crippen LogP contribution in [0.2, 0.25) is 5.02 Å². The predicted molar refractivity (Wildman–Crippen MR) is 107 cm³/mol. The van der Waals surface area contributed by atoms with Crippen molar-refractivity contribution in [2.24, 2.45) is 0 Å². The average molecular weight is 457 g/mol. The van der Waals surface area contributed by atoms with Crippen LogP contribution in [0, 0.1) is 0 Å². The molecule has 1 fully saturated rings. The highest BCUT2D eigenvalue weighted by molar-refractivity contribution is 7.89. The van der Waals surface area contributed by atoms with E-state index in [0.717, 1.165) is 17.5 Å². The number of hydrogen-bond acceptors (Lipinski definition) is 5. The zero-order chi connectivity index (χ0) is 21.5. The molecule has 1 aromatic heterocycles. The molecule has 4 rings (SSSR count). The molecule has 0 radical (unpaired) electrons. The summed E-state index contributed by atoms with van der Waals surface area (Å²) in [5.41, 5.74) is -0.320. The maximum Gasteiger partial charge on any atom is 0.416 e. The third-order valence-electron chi connectivity index (χ3n) is 4.91. The van der Waals surface area contributed by atoms with Gasteiger partial charge in [-0.3, -0.25) is 0 Å². The maximum absolute atomic E-state index is 13.0. The highest BCUT2D eigenvalue weighted by Crippen LogP contribution is 2.32. The quantitative estimate of drug-likeness (QED) is 0.599. The van der Waals surface area contributed by atoms with E-state index in [4.69, 9.17) is 11.6 Å². The highest BCUT2D eigenvalue weighted by Gasteiger charge is 2.34. The highest BCUT2D eigenvalue weighted by atomic mass is 35.5. The second-order valence-corrected chi connectivity index (χ2v) is 9.15. The molecule has 2 aromatic carbocycles. The fraction of sp³-hybridized carbons (Fsp3) is 0.263. The first kappa shape index (κ1) is 20.8. The Kier molecular flexibility index (Phi) is 5.33. The zero-order valence-electron chi connectivity index (χ0n) is 15.5. The van der Waals surface area contributed by atoms with Crippen molar-refractivity contribution in [3.05, 3.63) is 59.4 Å². The normalized spacial score (nSPS) is 16.2. The first-order valence-corrected chi connectivity index (χ1v) is 10.8. The van der Waals surface area contributed by atoms with Crippen molar-refractivity contribution in [1.29, 1.82) is 0 Å². The Morgan fingerprint density at radius 3 is 2.40 bits per heavy atom. The summed E-state index contributed by atoms with van der Waals surface area (Å²) in [6, 6.07) is 9.05. The lowest BCUT2D eigenvalue weighted by Crippen LogP contribution is -2.49. The van der Waals surface area contributed by atoms with Crippen LogP contribution in [0.4, 0.5) is 19.0 Å². The molecule has 0 unspecified atom stereocenters. The number of nitrogens with zero attached hydrogens (tertiary/aromatic N) is 4. The number of sulfonamides is 1. The van der Waals surface area contributed by atoms with E-state index in [1.807, 2.05) is 4.90 Å². The molecule has 0 N–H and O–H groups in total. The minimum absolute atomic E-state index is 0.123. The number of alkyl halides is 3. The maximum atomic E-state index is 13.0. The second-order valence-electron chi connectivity index (χ2n) is 6.78. The monoisotopic (exact) mass is 456 g/mol. The average Bonchev–Trinajstić information content (AvgIpc) is 2.72. The molecule has 0 bridgehead atoms. The first-order valence-electron chi connectivity index (χ1n) is 8.99. The fourth-order valence-corrected chi connectivity index (χ4v) is 5.03. The van der Waals surface area contributed by atoms with E-state index >= 15 is 0 Å². The van der Waals surface area contributed by atoms with Gasteiger partial charge in [0, 0.05) is 36.6 Å². The molecule has 0 spiro atoms. The minimum Gasteiger partial charge on any atom is -0.353 e. The van der Waals surface area contributed by atoms with Crippen molar-refractivity contribution in [3.63, 3.8) is 0 Å². The van der Waals surface area contributed by atoms with E-state index in [0.29, 0.717) is 35.5 Å². The van der Waals surface area contributed by atoms with E-state index < -0.39 is 21.8 Å². The van der Waals surface area contributed by atoms with Gasteiger partial charge in [-0.25, -0.2) is 18.4 Å². The molecule has 30 heavy (non-hydrogen) atoms. The Balaban J connectivity index is 1.55. The Bertz CT molecular complexity index is 1200. The third-order valence-corrected chi connectivity index (χ3v) is 7.04. The largest absolute Gasteiger partial charge is 0.416 e. The number of piperazine rings is 1. The molecule has 158 valence electrons. The lowest BCUT2D eigenvalue weighted by molar-refractivity contribution is -0.137. The van der Waals surface area contributed by atoms with E-state index in [2.05, 4.69) is 9.97 Å². The van der Waals surface area contributed by atoms with Gasteiger partial charge in [0.15, 0.2) is 0 Å². The summed E-state index contributed by atoms with van der Waals surface area (Å²) in [4.78, 5) is 10.1. The number of fused-ring (bicyclic) bond motifs is 1. The predicted octanol–water partition coefficient (Wildman–Crippen LogP) is 3.81. The van der Waals surface area contributed by atoms with Crippen molar-refractivity contribution in [1.82, 2.24) is 14.3 Å². The van der Waals surface area contributed by atoms with Crippen LogP contribution in [-0.2, 0) is 16.2 Å². The number of anilines is 1. The van der Waals surface area contributed by atoms with Crippen LogP contribution in [-0.4, -0.2) is 48.9 Å². The Morgan fingerprint density at radius 1 is 0.967 bits per heavy atom. The summed E-state index contributed by atoms with van der Waals surface area (Å²) >= 11 is 6.01. The van der Waals surface area contributed by atoms with Crippen molar-refractivity contribution in [3.8, 4) is 0 Å². The topological polar surface area (TPSA) is 66.4 Å². The molecular formula is C19H16ClF3N4O2S. The van der Waals surface area contributed by atoms with E-state index in [1.54, 1.807) is 18.2 Å². The fourth-order valence-electron chi connectivity index (χ4n) is 3.39. The summed E-state index contributed by atoms with van der Waals surface area (Å²) in [5, 5.41) is 1.33. The first-order chi connectivity index (χ1) is 14.2. The lowest BCUT2D eigenvalue weighted by atomic mass is 10.2. The summed E-state index contributed by atoms with van der Waals surface area (Å²) < 4.78 is 65.8. The Labute approximate surface area is 176 Å². The molecule has 1 aliphatic rings. The van der Waals surface area contributed by atoms with Gasteiger partial charge in [-0.2, -0.15) is 17.5 Å². The molecule has 1 aliphatic heterocycles. The van der Waals surface area contributed by atoms with E-state index in [9.17, 15) is 21.6 Å². The second kappa shape index (κ2) is 7.68. The SMILES string of the molecule is O=S(=O)(c1cccc(C(F)(F)F)c1)N1CCN(c2ncnc3cc(Cl)ccc23)CC1. The van der Waals surface area contributed by atoms with Gasteiger partial charge in [-0.05, 0) is 36.4 Å². The van der Waals surface area contributed by atoms with E-state index in [1.165, 1.54) is 16.7 Å². The molecule has 6 nitrogen and oxygen atoms in total. The smallest absolute Gasteiger partial charge is 0.353 e. The Morgan fingerprint density at radius 2 is 1.70 bits per heavy atom. The van der Waals surface area contributed by atoms with Gasteiger partial charge in [0.2, 0.25) is 10.0 Å². The zero-order valence-corrected chi connectivity index (χ0v) is 17.0. The van der Waals surface area contributed by atoms with Crippen LogP contribution in [0.15, 0.2) is 53.7 Å². The van der Waals surface area contributed by atoms with Gasteiger partial charge in [-0.15, -0.1) is 0 Å². The lowest BCUT2D eigenvalue weighted by Gasteiger charge is -2.35. The van der Waals surface area contributed by atoms with Crippen molar-refractivity contribution < 1.29 is 21.6 Å². The molecule has 3 aromatic rings. The van der Waals surface area contributed by atoms with Crippen molar-refractivity contribution >= 4 is 38.3 Å². The Hall–Kier alpha value is -2.43. The number of aromatic nitrogens is 2. The van der Waals surface area contributed by atoms with Crippen LogP contribution < -0.4 is 4.90 Å². The number of halogens is 4. The van der Waals surface area contributed by atoms with Gasteiger partial charge in [-0.1, -0.05) is 17.7 Å². The molecule has 0 saturated carbocycles. The summed E-state index contributed by atoms with van der Waals surface area (Å²) in [5.74, 6) is 0.660. The van der Waals surface area contributed by atoms with Gasteiger partial charge < -0.3 is 4.90 Å². The number of benzene rings is 2. The van der Waals surface area contributed by atoms with Crippen LogP contribution >= 0.6 is 11.6 Å². The number of hydrogen-bond donors (Lipinski definition) is 0. The molecule has 0 amide bonds. The van der Waals surface area contributed by atoms with Crippen LogP contribution in [0.25, 0.3) is 10.9 Å².